The van der Waals surface area contributed by atoms with E-state index in [0.717, 1.165) is 44.5 Å². The molecular formula is C23H37NO3. The van der Waals surface area contributed by atoms with Crippen LogP contribution in [0.2, 0.25) is 0 Å². The zero-order chi connectivity index (χ0) is 19.7. The average Bonchev–Trinajstić information content (AvgIpc) is 2.67. The van der Waals surface area contributed by atoms with Crippen molar-refractivity contribution in [2.45, 2.75) is 72.1 Å². The second kappa shape index (κ2) is 11.0. The smallest absolute Gasteiger partial charge is 0.191 e. The SMILES string of the molecule is CCCN(CCC)C1(C)[C]CCc2c(OCC(OCC)OCC)cccc21. The van der Waals surface area contributed by atoms with Crippen LogP contribution in [0.5, 0.6) is 5.75 Å². The maximum Gasteiger partial charge on any atom is 0.191 e. The van der Waals surface area contributed by atoms with E-state index in [1.165, 1.54) is 11.1 Å². The summed E-state index contributed by atoms with van der Waals surface area (Å²) in [6.07, 6.45) is 7.67. The second-order valence-corrected chi connectivity index (χ2v) is 7.17. The minimum absolute atomic E-state index is 0.155. The number of hydrogen-bond donors (Lipinski definition) is 0. The molecule has 0 fully saturated rings. The number of hydrogen-bond acceptors (Lipinski definition) is 4. The van der Waals surface area contributed by atoms with Gasteiger partial charge in [-0.1, -0.05) is 26.0 Å². The number of benzene rings is 1. The highest BCUT2D eigenvalue weighted by Gasteiger charge is 2.38. The van der Waals surface area contributed by atoms with Gasteiger partial charge in [0.2, 0.25) is 0 Å². The Morgan fingerprint density at radius 3 is 2.33 bits per heavy atom. The Morgan fingerprint density at radius 1 is 1.07 bits per heavy atom. The Kier molecular flexibility index (Phi) is 9.07. The van der Waals surface area contributed by atoms with E-state index in [2.05, 4.69) is 50.3 Å². The van der Waals surface area contributed by atoms with Crippen LogP contribution in [-0.2, 0) is 21.4 Å². The predicted molar refractivity (Wildman–Crippen MR) is 110 cm³/mol. The van der Waals surface area contributed by atoms with E-state index >= 15 is 0 Å². The van der Waals surface area contributed by atoms with Gasteiger partial charge in [-0.25, -0.2) is 0 Å². The van der Waals surface area contributed by atoms with Gasteiger partial charge in [0.25, 0.3) is 0 Å². The first-order valence-corrected chi connectivity index (χ1v) is 10.6. The molecule has 0 aliphatic heterocycles. The third-order valence-corrected chi connectivity index (χ3v) is 5.20. The van der Waals surface area contributed by atoms with Crippen LogP contribution < -0.4 is 4.74 Å². The third kappa shape index (κ3) is 5.46. The van der Waals surface area contributed by atoms with E-state index < -0.39 is 0 Å². The van der Waals surface area contributed by atoms with E-state index in [1.807, 2.05) is 13.8 Å². The van der Waals surface area contributed by atoms with E-state index in [1.54, 1.807) is 0 Å². The lowest BCUT2D eigenvalue weighted by Gasteiger charge is -2.45. The molecule has 0 saturated heterocycles. The van der Waals surface area contributed by atoms with Gasteiger partial charge < -0.3 is 14.2 Å². The fraction of sp³-hybridized carbons (Fsp3) is 0.696. The summed E-state index contributed by atoms with van der Waals surface area (Å²) in [5.41, 5.74) is 2.48. The molecular weight excluding hydrogens is 338 g/mol. The first-order chi connectivity index (χ1) is 13.1. The molecule has 0 bridgehead atoms. The molecule has 1 aliphatic rings. The normalized spacial score (nSPS) is 19.5. The number of nitrogens with zero attached hydrogens (tertiary/aromatic N) is 1. The molecule has 0 amide bonds. The van der Waals surface area contributed by atoms with Crippen molar-refractivity contribution in [3.8, 4) is 5.75 Å². The lowest BCUT2D eigenvalue weighted by atomic mass is 9.76. The molecule has 27 heavy (non-hydrogen) atoms. The second-order valence-electron chi connectivity index (χ2n) is 7.17. The molecule has 1 aromatic carbocycles. The Labute approximate surface area is 166 Å². The van der Waals surface area contributed by atoms with Gasteiger partial charge in [-0.15, -0.1) is 0 Å². The summed E-state index contributed by atoms with van der Waals surface area (Å²) in [6, 6.07) is 6.42. The molecule has 2 rings (SSSR count). The first kappa shape index (κ1) is 22.2. The van der Waals surface area contributed by atoms with Crippen molar-refractivity contribution in [3.05, 3.63) is 35.7 Å². The van der Waals surface area contributed by atoms with Crippen LogP contribution in [0, 0.1) is 6.42 Å². The minimum Gasteiger partial charge on any atom is -0.488 e. The molecule has 0 spiro atoms. The van der Waals surface area contributed by atoms with Gasteiger partial charge in [0.1, 0.15) is 12.4 Å². The van der Waals surface area contributed by atoms with Crippen LogP contribution in [0.3, 0.4) is 0 Å². The van der Waals surface area contributed by atoms with Gasteiger partial charge in [0, 0.05) is 19.6 Å². The summed E-state index contributed by atoms with van der Waals surface area (Å²) in [5.74, 6) is 0.956. The van der Waals surface area contributed by atoms with Crippen LogP contribution >= 0.6 is 0 Å². The van der Waals surface area contributed by atoms with Gasteiger partial charge in [0.15, 0.2) is 6.29 Å². The fourth-order valence-electron chi connectivity index (χ4n) is 4.00. The van der Waals surface area contributed by atoms with Gasteiger partial charge in [-0.2, -0.15) is 0 Å². The van der Waals surface area contributed by atoms with Crippen molar-refractivity contribution >= 4 is 0 Å². The van der Waals surface area contributed by atoms with Crippen LogP contribution in [0.4, 0.5) is 0 Å². The van der Waals surface area contributed by atoms with Crippen molar-refractivity contribution in [2.75, 3.05) is 32.9 Å². The molecule has 1 aliphatic carbocycles. The average molecular weight is 376 g/mol. The Balaban J connectivity index is 2.24. The molecule has 152 valence electrons. The fourth-order valence-corrected chi connectivity index (χ4v) is 4.00. The summed E-state index contributed by atoms with van der Waals surface area (Å²) >= 11 is 0. The van der Waals surface area contributed by atoms with E-state index in [9.17, 15) is 0 Å². The molecule has 0 saturated carbocycles. The minimum atomic E-state index is -0.319. The summed E-state index contributed by atoms with van der Waals surface area (Å²) < 4.78 is 17.4. The molecule has 4 heteroatoms. The van der Waals surface area contributed by atoms with Crippen molar-refractivity contribution in [1.29, 1.82) is 0 Å². The van der Waals surface area contributed by atoms with E-state index in [0.29, 0.717) is 19.8 Å². The molecule has 1 atom stereocenters. The molecule has 2 radical (unpaired) electrons. The van der Waals surface area contributed by atoms with Crippen LogP contribution in [-0.4, -0.2) is 44.1 Å². The largest absolute Gasteiger partial charge is 0.488 e. The van der Waals surface area contributed by atoms with Gasteiger partial charge in [0.05, 0.1) is 5.54 Å². The Hall–Kier alpha value is -1.10. The molecule has 4 nitrogen and oxygen atoms in total. The summed E-state index contributed by atoms with van der Waals surface area (Å²) in [4.78, 5) is 2.57. The monoisotopic (exact) mass is 375 g/mol. The predicted octanol–water partition coefficient (Wildman–Crippen LogP) is 4.83. The quantitative estimate of drug-likeness (QED) is 0.490. The molecule has 1 unspecified atom stereocenters. The molecule has 0 heterocycles. The lowest BCUT2D eigenvalue weighted by molar-refractivity contribution is -0.152. The summed E-state index contributed by atoms with van der Waals surface area (Å²) in [7, 11) is 0. The Bertz CT molecular complexity index is 551. The van der Waals surface area contributed by atoms with Crippen molar-refractivity contribution in [3.63, 3.8) is 0 Å². The number of ether oxygens (including phenoxy) is 3. The van der Waals surface area contributed by atoms with Gasteiger partial charge in [-0.05, 0) is 76.7 Å². The zero-order valence-electron chi connectivity index (χ0n) is 17.8. The highest BCUT2D eigenvalue weighted by Crippen LogP contribution is 2.42. The highest BCUT2D eigenvalue weighted by atomic mass is 16.7. The first-order valence-electron chi connectivity index (χ1n) is 10.6. The van der Waals surface area contributed by atoms with Crippen molar-refractivity contribution in [1.82, 2.24) is 4.90 Å². The standard InChI is InChI=1S/C23H37NO3/c1-6-16-24(17-7-2)23(5)15-11-12-19-20(23)13-10-14-21(19)27-18-22(25-8-3)26-9-4/h10,13-14,22H,6-9,11-12,16-18H2,1-5H3. The maximum atomic E-state index is 6.17. The van der Waals surface area contributed by atoms with Gasteiger partial charge >= 0.3 is 0 Å². The van der Waals surface area contributed by atoms with E-state index in [4.69, 9.17) is 14.2 Å². The highest BCUT2D eigenvalue weighted by molar-refractivity contribution is 5.47. The molecule has 0 aromatic heterocycles. The van der Waals surface area contributed by atoms with Crippen LogP contribution in [0.15, 0.2) is 18.2 Å². The third-order valence-electron chi connectivity index (χ3n) is 5.20. The van der Waals surface area contributed by atoms with Gasteiger partial charge in [-0.3, -0.25) is 4.90 Å². The zero-order valence-corrected chi connectivity index (χ0v) is 17.8. The lowest BCUT2D eigenvalue weighted by Crippen LogP contribution is -2.47. The summed E-state index contributed by atoms with van der Waals surface area (Å²) in [5, 5.41) is 0. The van der Waals surface area contributed by atoms with E-state index in [-0.39, 0.29) is 11.8 Å². The van der Waals surface area contributed by atoms with Crippen LogP contribution in [0.25, 0.3) is 0 Å². The van der Waals surface area contributed by atoms with Crippen LogP contribution in [0.1, 0.15) is 65.0 Å². The van der Waals surface area contributed by atoms with Crippen molar-refractivity contribution in [2.24, 2.45) is 0 Å². The topological polar surface area (TPSA) is 30.9 Å². The molecule has 1 aromatic rings. The number of rotatable bonds is 12. The molecule has 0 N–H and O–H groups in total. The maximum absolute atomic E-state index is 6.17. The summed E-state index contributed by atoms with van der Waals surface area (Å²) in [6.45, 7) is 14.6. The van der Waals surface area contributed by atoms with Crippen molar-refractivity contribution < 1.29 is 14.2 Å². The number of fused-ring (bicyclic) bond motifs is 1. The Morgan fingerprint density at radius 2 is 1.74 bits per heavy atom.